The molecule has 0 saturated heterocycles. The lowest BCUT2D eigenvalue weighted by Crippen LogP contribution is -2.13. The van der Waals surface area contributed by atoms with E-state index in [0.717, 1.165) is 48.9 Å². The lowest BCUT2D eigenvalue weighted by molar-refractivity contribution is -0.118. The predicted octanol–water partition coefficient (Wildman–Crippen LogP) is 8.42. The van der Waals surface area contributed by atoms with Crippen LogP contribution in [0.25, 0.3) is 0 Å². The molecule has 0 spiro atoms. The van der Waals surface area contributed by atoms with Gasteiger partial charge < -0.3 is 21.7 Å². The number of benzene rings is 4. The van der Waals surface area contributed by atoms with Gasteiger partial charge in [0.25, 0.3) is 0 Å². The van der Waals surface area contributed by atoms with Crippen LogP contribution < -0.4 is 11.5 Å². The quantitative estimate of drug-likeness (QED) is 0.112. The van der Waals surface area contributed by atoms with Gasteiger partial charge in [0.05, 0.1) is 33.4 Å². The highest BCUT2D eigenvalue weighted by Crippen LogP contribution is 2.33. The summed E-state index contributed by atoms with van der Waals surface area (Å²) in [6, 6.07) is 18.4. The van der Waals surface area contributed by atoms with Crippen LogP contribution in [0.5, 0.6) is 11.5 Å². The van der Waals surface area contributed by atoms with Crippen molar-refractivity contribution in [3.05, 3.63) is 89.0 Å². The van der Waals surface area contributed by atoms with Crippen LogP contribution in [0.15, 0.2) is 92.1 Å². The van der Waals surface area contributed by atoms with E-state index in [1.54, 1.807) is 50.2 Å². The lowest BCUT2D eigenvalue weighted by Gasteiger charge is -2.14. The molecule has 11 nitrogen and oxygen atoms in total. The zero-order valence-electron chi connectivity index (χ0n) is 27.1. The first-order chi connectivity index (χ1) is 22.9. The fourth-order valence-electron chi connectivity index (χ4n) is 5.75. The first-order valence-corrected chi connectivity index (χ1v) is 17.5. The van der Waals surface area contributed by atoms with Gasteiger partial charge in [0.2, 0.25) is 0 Å². The van der Waals surface area contributed by atoms with Crippen molar-refractivity contribution in [2.45, 2.75) is 63.7 Å². The molecule has 48 heavy (non-hydrogen) atoms. The number of hydrogen-bond donors (Lipinski definition) is 4. The average molecular weight is 669 g/mol. The number of nitrogens with zero attached hydrogens (tertiary/aromatic N) is 4. The molecule has 6 N–H and O–H groups in total. The van der Waals surface area contributed by atoms with Gasteiger partial charge in [0.15, 0.2) is 9.84 Å². The van der Waals surface area contributed by atoms with Crippen molar-refractivity contribution < 1.29 is 23.4 Å². The first-order valence-electron chi connectivity index (χ1n) is 15.9. The van der Waals surface area contributed by atoms with Gasteiger partial charge in [-0.25, -0.2) is 8.42 Å². The summed E-state index contributed by atoms with van der Waals surface area (Å²) >= 11 is 0. The number of nitrogen functional groups attached to an aromatic ring is 2. The molecular weight excluding hydrogens is 629 g/mol. The van der Waals surface area contributed by atoms with Crippen LogP contribution in [0.3, 0.4) is 0 Å². The van der Waals surface area contributed by atoms with E-state index < -0.39 is 9.84 Å². The first kappa shape index (κ1) is 34.2. The number of nitrogens with two attached hydrogens (primary N) is 2. The standard InChI is InChI=1S/C19H23N3O3S.C17H17N3O2/c1-13-10-18(17(20)11-19(13)23)22-21-15-6-8-16(9-7-15)26(24,25)12-14-4-2-3-5-14;1-10-6-16(15(18)9-17(10)22)20-19-13-4-2-12-8-14(21)5-3-11(12)7-13/h6-11,14,23H,2-5,12,20H2,1H3;2,4,6-7,9,22H,3,5,8,18H2,1H3. The minimum atomic E-state index is -3.26. The maximum absolute atomic E-state index is 12.5. The number of aryl methyl sites for hydroxylation is 3. The van der Waals surface area contributed by atoms with Gasteiger partial charge in [-0.1, -0.05) is 18.9 Å². The highest BCUT2D eigenvalue weighted by atomic mass is 32.2. The fraction of sp³-hybridized carbons (Fsp3) is 0.306. The largest absolute Gasteiger partial charge is 0.508 e. The zero-order valence-corrected chi connectivity index (χ0v) is 27.9. The van der Waals surface area contributed by atoms with Gasteiger partial charge in [-0.15, -0.1) is 10.2 Å². The van der Waals surface area contributed by atoms with E-state index in [1.165, 1.54) is 12.1 Å². The summed E-state index contributed by atoms with van der Waals surface area (Å²) in [7, 11) is -3.26. The number of anilines is 2. The van der Waals surface area contributed by atoms with Gasteiger partial charge in [0.1, 0.15) is 28.7 Å². The Labute approximate surface area is 280 Å². The number of fused-ring (bicyclic) bond motifs is 1. The van der Waals surface area contributed by atoms with E-state index in [0.29, 0.717) is 57.3 Å². The highest BCUT2D eigenvalue weighted by Gasteiger charge is 2.24. The fourth-order valence-corrected chi connectivity index (χ4v) is 7.45. The van der Waals surface area contributed by atoms with E-state index in [2.05, 4.69) is 20.5 Å². The molecule has 6 rings (SSSR count). The second kappa shape index (κ2) is 14.8. The molecule has 0 radical (unpaired) electrons. The summed E-state index contributed by atoms with van der Waals surface area (Å²) in [4.78, 5) is 11.8. The normalized spacial score (nSPS) is 15.1. The van der Waals surface area contributed by atoms with Crippen LogP contribution in [0, 0.1) is 19.8 Å². The summed E-state index contributed by atoms with van der Waals surface area (Å²) in [6.45, 7) is 3.53. The number of azo groups is 2. The van der Waals surface area contributed by atoms with Crippen LogP contribution in [0.1, 0.15) is 54.4 Å². The van der Waals surface area contributed by atoms with Crippen LogP contribution in [-0.2, 0) is 27.5 Å². The molecule has 1 fully saturated rings. The number of rotatable bonds is 7. The average Bonchev–Trinajstić information content (AvgIpc) is 3.56. The molecule has 0 amide bonds. The summed E-state index contributed by atoms with van der Waals surface area (Å²) in [5.41, 5.74) is 18.2. The zero-order chi connectivity index (χ0) is 34.4. The van der Waals surface area contributed by atoms with E-state index in [-0.39, 0.29) is 29.0 Å². The van der Waals surface area contributed by atoms with E-state index in [4.69, 9.17) is 11.5 Å². The Kier molecular flexibility index (Phi) is 10.5. The maximum Gasteiger partial charge on any atom is 0.178 e. The molecule has 0 bridgehead atoms. The summed E-state index contributed by atoms with van der Waals surface area (Å²) in [6.07, 6.45) is 6.11. The van der Waals surface area contributed by atoms with Crippen molar-refractivity contribution in [3.63, 3.8) is 0 Å². The van der Waals surface area contributed by atoms with Crippen LogP contribution in [-0.4, -0.2) is 30.2 Å². The number of Topliss-reactive ketones (excluding diaryl/α,β-unsaturated/α-hetero) is 1. The number of phenols is 2. The van der Waals surface area contributed by atoms with Gasteiger partial charge >= 0.3 is 0 Å². The molecule has 1 saturated carbocycles. The predicted molar refractivity (Wildman–Crippen MR) is 187 cm³/mol. The maximum atomic E-state index is 12.5. The van der Waals surface area contributed by atoms with Crippen molar-refractivity contribution in [2.24, 2.45) is 26.4 Å². The van der Waals surface area contributed by atoms with Gasteiger partial charge in [-0.05, 0) is 110 Å². The number of sulfone groups is 1. The Morgan fingerprint density at radius 3 is 1.83 bits per heavy atom. The van der Waals surface area contributed by atoms with Crippen molar-refractivity contribution >= 4 is 49.7 Å². The third-order valence-corrected chi connectivity index (χ3v) is 10.5. The minimum Gasteiger partial charge on any atom is -0.508 e. The molecule has 0 heterocycles. The second-order valence-corrected chi connectivity index (χ2v) is 14.4. The number of ketones is 1. The number of aromatic hydroxyl groups is 2. The van der Waals surface area contributed by atoms with Crippen LogP contribution in [0.4, 0.5) is 34.1 Å². The highest BCUT2D eigenvalue weighted by molar-refractivity contribution is 7.91. The molecular formula is C36H40N6O5S. The monoisotopic (exact) mass is 668 g/mol. The molecule has 4 aromatic carbocycles. The smallest absolute Gasteiger partial charge is 0.178 e. The third kappa shape index (κ3) is 8.62. The van der Waals surface area contributed by atoms with Gasteiger partial charge in [-0.2, -0.15) is 10.2 Å². The SMILES string of the molecule is Cc1cc(N=Nc2ccc(S(=O)(=O)CC3CCCC3)cc2)c(N)cc1O.Cc1cc(N=Nc2ccc3c(c2)CCC(=O)C3)c(N)cc1O. The minimum absolute atomic E-state index is 0.110. The van der Waals surface area contributed by atoms with Crippen LogP contribution in [0.2, 0.25) is 0 Å². The molecule has 0 aromatic heterocycles. The molecule has 2 aliphatic rings. The Hall–Kier alpha value is -5.10. The summed E-state index contributed by atoms with van der Waals surface area (Å²) < 4.78 is 25.0. The second-order valence-electron chi connectivity index (χ2n) is 12.4. The molecule has 250 valence electrons. The summed E-state index contributed by atoms with van der Waals surface area (Å²) in [5.74, 6) is 1.04. The number of phenolic OH excluding ortho intramolecular Hbond substituents is 2. The Balaban J connectivity index is 0.000000190. The molecule has 2 aliphatic carbocycles. The van der Waals surface area contributed by atoms with Crippen molar-refractivity contribution in [1.29, 1.82) is 0 Å². The molecule has 4 aromatic rings. The van der Waals surface area contributed by atoms with Crippen molar-refractivity contribution in [1.82, 2.24) is 0 Å². The Morgan fingerprint density at radius 1 is 0.708 bits per heavy atom. The van der Waals surface area contributed by atoms with E-state index >= 15 is 0 Å². The molecule has 0 atom stereocenters. The molecule has 12 heteroatoms. The third-order valence-electron chi connectivity index (χ3n) is 8.61. The Morgan fingerprint density at radius 2 is 1.25 bits per heavy atom. The number of carbonyl (C=O) groups excluding carboxylic acids is 1. The topological polar surface area (TPSA) is 193 Å². The summed E-state index contributed by atoms with van der Waals surface area (Å²) in [5, 5.41) is 35.8. The van der Waals surface area contributed by atoms with E-state index in [9.17, 15) is 23.4 Å². The van der Waals surface area contributed by atoms with Crippen LogP contribution >= 0.6 is 0 Å². The Bertz CT molecular complexity index is 1990. The number of hydrogen-bond acceptors (Lipinski definition) is 11. The van der Waals surface area contributed by atoms with Crippen molar-refractivity contribution in [3.8, 4) is 11.5 Å². The molecule has 0 unspecified atom stereocenters. The lowest BCUT2D eigenvalue weighted by atomic mass is 9.90. The van der Waals surface area contributed by atoms with E-state index in [1.807, 2.05) is 18.2 Å². The van der Waals surface area contributed by atoms with Crippen molar-refractivity contribution in [2.75, 3.05) is 17.2 Å². The molecule has 0 aliphatic heterocycles. The number of carbonyl (C=O) groups is 1. The van der Waals surface area contributed by atoms with Gasteiger partial charge in [-0.3, -0.25) is 4.79 Å². The van der Waals surface area contributed by atoms with Gasteiger partial charge in [0, 0.05) is 25.0 Å².